The first kappa shape index (κ1) is 17.2. The summed E-state index contributed by atoms with van der Waals surface area (Å²) >= 11 is 0. The van der Waals surface area contributed by atoms with Crippen LogP contribution in [0.4, 0.5) is 11.5 Å². The van der Waals surface area contributed by atoms with Crippen molar-refractivity contribution in [3.8, 4) is 5.75 Å². The van der Waals surface area contributed by atoms with E-state index in [2.05, 4.69) is 32.1 Å². The van der Waals surface area contributed by atoms with Crippen LogP contribution >= 0.6 is 0 Å². The van der Waals surface area contributed by atoms with E-state index >= 15 is 0 Å². The normalized spacial score (nSPS) is 15.1. The van der Waals surface area contributed by atoms with E-state index in [1.54, 1.807) is 19.2 Å². The molecule has 0 bridgehead atoms. The van der Waals surface area contributed by atoms with Gasteiger partial charge in [0.1, 0.15) is 23.1 Å². The van der Waals surface area contributed by atoms with Gasteiger partial charge in [-0.25, -0.2) is 9.97 Å². The molecule has 1 aliphatic heterocycles. The summed E-state index contributed by atoms with van der Waals surface area (Å²) in [4.78, 5) is 25.8. The maximum Gasteiger partial charge on any atom is 0.274 e. The maximum atomic E-state index is 12.6. The molecule has 3 rings (SSSR count). The topological polar surface area (TPSA) is 70.6 Å². The molecule has 2 aromatic rings. The second-order valence-electron chi connectivity index (χ2n) is 6.14. The van der Waals surface area contributed by atoms with Gasteiger partial charge in [0.15, 0.2) is 0 Å². The van der Waals surface area contributed by atoms with Crippen molar-refractivity contribution in [2.75, 3.05) is 50.6 Å². The van der Waals surface area contributed by atoms with Gasteiger partial charge in [-0.05, 0) is 26.1 Å². The number of aromatic nitrogens is 2. The van der Waals surface area contributed by atoms with E-state index in [9.17, 15) is 4.79 Å². The summed E-state index contributed by atoms with van der Waals surface area (Å²) in [6, 6.07) is 9.00. The summed E-state index contributed by atoms with van der Waals surface area (Å²) < 4.78 is 5.18. The van der Waals surface area contributed by atoms with Gasteiger partial charge < -0.3 is 19.9 Å². The zero-order valence-electron chi connectivity index (χ0n) is 14.8. The Morgan fingerprint density at radius 2 is 1.92 bits per heavy atom. The quantitative estimate of drug-likeness (QED) is 0.914. The van der Waals surface area contributed by atoms with Crippen molar-refractivity contribution in [3.63, 3.8) is 0 Å². The number of carbonyl (C=O) groups is 1. The predicted octanol–water partition coefficient (Wildman–Crippen LogP) is 1.80. The SMILES string of the molecule is COc1cccc(NC(=O)c2cc(N3CCN(C)CC3)nc(C)n2)c1. The monoisotopic (exact) mass is 341 g/mol. The minimum absolute atomic E-state index is 0.255. The Balaban J connectivity index is 1.78. The largest absolute Gasteiger partial charge is 0.497 e. The molecule has 1 aromatic carbocycles. The van der Waals surface area contributed by atoms with Gasteiger partial charge in [-0.3, -0.25) is 4.79 Å². The highest BCUT2D eigenvalue weighted by molar-refractivity contribution is 6.03. The maximum absolute atomic E-state index is 12.6. The van der Waals surface area contributed by atoms with Crippen LogP contribution in [0.5, 0.6) is 5.75 Å². The summed E-state index contributed by atoms with van der Waals surface area (Å²) in [7, 11) is 3.70. The average molecular weight is 341 g/mol. The second-order valence-corrected chi connectivity index (χ2v) is 6.14. The van der Waals surface area contributed by atoms with Crippen LogP contribution < -0.4 is 15.0 Å². The van der Waals surface area contributed by atoms with Crippen molar-refractivity contribution in [3.05, 3.63) is 41.9 Å². The third-order valence-electron chi connectivity index (χ3n) is 4.21. The molecule has 132 valence electrons. The van der Waals surface area contributed by atoms with Gasteiger partial charge in [-0.1, -0.05) is 6.07 Å². The summed E-state index contributed by atoms with van der Waals surface area (Å²) in [6.45, 7) is 5.55. The molecule has 0 radical (unpaired) electrons. The molecule has 1 saturated heterocycles. The number of methoxy groups -OCH3 is 1. The highest BCUT2D eigenvalue weighted by Crippen LogP contribution is 2.19. The Labute approximate surface area is 147 Å². The number of benzene rings is 1. The second kappa shape index (κ2) is 7.48. The number of rotatable bonds is 4. The first-order valence-electron chi connectivity index (χ1n) is 8.30. The smallest absolute Gasteiger partial charge is 0.274 e. The van der Waals surface area contributed by atoms with Crippen LogP contribution in [0.1, 0.15) is 16.3 Å². The lowest BCUT2D eigenvalue weighted by molar-refractivity contribution is 0.102. The van der Waals surface area contributed by atoms with Gasteiger partial charge >= 0.3 is 0 Å². The van der Waals surface area contributed by atoms with Gasteiger partial charge in [0.05, 0.1) is 7.11 Å². The highest BCUT2D eigenvalue weighted by atomic mass is 16.5. The lowest BCUT2D eigenvalue weighted by atomic mass is 10.2. The van der Waals surface area contributed by atoms with Crippen molar-refractivity contribution >= 4 is 17.4 Å². The fourth-order valence-corrected chi connectivity index (χ4v) is 2.76. The predicted molar refractivity (Wildman–Crippen MR) is 97.4 cm³/mol. The van der Waals surface area contributed by atoms with E-state index in [1.165, 1.54) is 0 Å². The third kappa shape index (κ3) is 4.24. The Morgan fingerprint density at radius 3 is 2.64 bits per heavy atom. The van der Waals surface area contributed by atoms with Crippen molar-refractivity contribution < 1.29 is 9.53 Å². The first-order valence-corrected chi connectivity index (χ1v) is 8.30. The van der Waals surface area contributed by atoms with E-state index < -0.39 is 0 Å². The molecular weight excluding hydrogens is 318 g/mol. The van der Waals surface area contributed by atoms with E-state index in [0.717, 1.165) is 32.0 Å². The van der Waals surface area contributed by atoms with Crippen LogP contribution in [0, 0.1) is 6.92 Å². The van der Waals surface area contributed by atoms with Crippen molar-refractivity contribution in [1.29, 1.82) is 0 Å². The number of hydrogen-bond acceptors (Lipinski definition) is 6. The van der Waals surface area contributed by atoms with Crippen LogP contribution in [-0.2, 0) is 0 Å². The molecule has 7 nitrogen and oxygen atoms in total. The summed E-state index contributed by atoms with van der Waals surface area (Å²) in [5.74, 6) is 1.83. The van der Waals surface area contributed by atoms with Gasteiger partial charge in [0, 0.05) is 44.0 Å². The van der Waals surface area contributed by atoms with Crippen LogP contribution in [0.3, 0.4) is 0 Å². The van der Waals surface area contributed by atoms with Crippen LogP contribution in [0.25, 0.3) is 0 Å². The minimum Gasteiger partial charge on any atom is -0.497 e. The summed E-state index contributed by atoms with van der Waals surface area (Å²) in [5, 5.41) is 2.86. The number of anilines is 2. The Morgan fingerprint density at radius 1 is 1.16 bits per heavy atom. The third-order valence-corrected chi connectivity index (χ3v) is 4.21. The van der Waals surface area contributed by atoms with E-state index in [-0.39, 0.29) is 5.91 Å². The van der Waals surface area contributed by atoms with Crippen LogP contribution in [0.2, 0.25) is 0 Å². The Hall–Kier alpha value is -2.67. The molecule has 0 saturated carbocycles. The standard InChI is InChI=1S/C18H23N5O2/c1-13-19-16(12-17(20-13)23-9-7-22(2)8-10-23)18(24)21-14-5-4-6-15(11-14)25-3/h4-6,11-12H,7-10H2,1-3H3,(H,21,24). The van der Waals surface area contributed by atoms with Gasteiger partial charge in [-0.15, -0.1) is 0 Å². The molecule has 1 fully saturated rings. The van der Waals surface area contributed by atoms with Crippen LogP contribution in [-0.4, -0.2) is 61.1 Å². The van der Waals surface area contributed by atoms with Crippen molar-refractivity contribution in [2.24, 2.45) is 0 Å². The van der Waals surface area contributed by atoms with E-state index in [4.69, 9.17) is 4.74 Å². The number of hydrogen-bond donors (Lipinski definition) is 1. The number of nitrogens with one attached hydrogen (secondary N) is 1. The number of aryl methyl sites for hydroxylation is 1. The number of amides is 1. The highest BCUT2D eigenvalue weighted by Gasteiger charge is 2.18. The number of ether oxygens (including phenoxy) is 1. The fraction of sp³-hybridized carbons (Fsp3) is 0.389. The Bertz CT molecular complexity index is 757. The lowest BCUT2D eigenvalue weighted by Crippen LogP contribution is -2.45. The number of carbonyl (C=O) groups excluding carboxylic acids is 1. The van der Waals surface area contributed by atoms with Crippen molar-refractivity contribution in [1.82, 2.24) is 14.9 Å². The number of likely N-dealkylation sites (N-methyl/N-ethyl adjacent to an activating group) is 1. The molecule has 2 heterocycles. The zero-order valence-corrected chi connectivity index (χ0v) is 14.8. The molecule has 1 N–H and O–H groups in total. The minimum atomic E-state index is -0.255. The molecule has 0 aliphatic carbocycles. The first-order chi connectivity index (χ1) is 12.0. The Kier molecular flexibility index (Phi) is 5.14. The fourth-order valence-electron chi connectivity index (χ4n) is 2.76. The molecular formula is C18H23N5O2. The molecule has 1 aliphatic rings. The van der Waals surface area contributed by atoms with Crippen LogP contribution in [0.15, 0.2) is 30.3 Å². The van der Waals surface area contributed by atoms with Gasteiger partial charge in [0.25, 0.3) is 5.91 Å². The van der Waals surface area contributed by atoms with E-state index in [0.29, 0.717) is 23.0 Å². The molecule has 1 amide bonds. The molecule has 0 unspecified atom stereocenters. The molecule has 1 aromatic heterocycles. The van der Waals surface area contributed by atoms with Crippen molar-refractivity contribution in [2.45, 2.75) is 6.92 Å². The van der Waals surface area contributed by atoms with E-state index in [1.807, 2.05) is 25.1 Å². The summed E-state index contributed by atoms with van der Waals surface area (Å²) in [5.41, 5.74) is 1.03. The number of piperazine rings is 1. The number of nitrogens with zero attached hydrogens (tertiary/aromatic N) is 4. The summed E-state index contributed by atoms with van der Waals surface area (Å²) in [6.07, 6.45) is 0. The molecule has 0 atom stereocenters. The average Bonchev–Trinajstić information content (AvgIpc) is 2.62. The molecule has 25 heavy (non-hydrogen) atoms. The molecule has 0 spiro atoms. The zero-order chi connectivity index (χ0) is 17.8. The molecule has 7 heteroatoms. The van der Waals surface area contributed by atoms with Gasteiger partial charge in [-0.2, -0.15) is 0 Å². The van der Waals surface area contributed by atoms with Gasteiger partial charge in [0.2, 0.25) is 0 Å². The lowest BCUT2D eigenvalue weighted by Gasteiger charge is -2.33.